The summed E-state index contributed by atoms with van der Waals surface area (Å²) < 4.78 is 0. The van der Waals surface area contributed by atoms with E-state index in [1.807, 2.05) is 56.3 Å². The van der Waals surface area contributed by atoms with Gasteiger partial charge in [-0.05, 0) is 36.8 Å². The van der Waals surface area contributed by atoms with Gasteiger partial charge in [-0.25, -0.2) is 24.9 Å². The molecule has 0 aliphatic rings. The largest absolute Gasteiger partial charge is 0.241 e. The van der Waals surface area contributed by atoms with E-state index in [4.69, 9.17) is 24.9 Å². The van der Waals surface area contributed by atoms with Gasteiger partial charge in [0.25, 0.3) is 0 Å². The van der Waals surface area contributed by atoms with E-state index in [2.05, 4.69) is 48.5 Å². The third-order valence-electron chi connectivity index (χ3n) is 6.77. The molecular weight excluding hydrogens is 442 g/mol. The SMILES string of the molecule is Cc1nc(-c2cccc(-c3nc(C)c4ccc5ccccc5c4n3)n2)nc2c1ccc1ccccc12. The fourth-order valence-electron chi connectivity index (χ4n) is 4.95. The molecule has 0 atom stereocenters. The van der Waals surface area contributed by atoms with Crippen LogP contribution >= 0.6 is 0 Å². The molecule has 7 aromatic rings. The van der Waals surface area contributed by atoms with Crippen molar-refractivity contribution in [3.8, 4) is 23.0 Å². The fourth-order valence-corrected chi connectivity index (χ4v) is 4.95. The van der Waals surface area contributed by atoms with E-state index in [-0.39, 0.29) is 0 Å². The zero-order valence-corrected chi connectivity index (χ0v) is 19.9. The third kappa shape index (κ3) is 3.21. The first-order valence-corrected chi connectivity index (χ1v) is 12.0. The smallest absolute Gasteiger partial charge is 0.179 e. The van der Waals surface area contributed by atoms with Crippen LogP contribution in [-0.2, 0) is 0 Å². The minimum Gasteiger partial charge on any atom is -0.241 e. The van der Waals surface area contributed by atoms with Crippen molar-refractivity contribution < 1.29 is 0 Å². The van der Waals surface area contributed by atoms with Crippen molar-refractivity contribution >= 4 is 43.4 Å². The van der Waals surface area contributed by atoms with Crippen molar-refractivity contribution in [1.82, 2.24) is 24.9 Å². The Morgan fingerprint density at radius 2 is 0.861 bits per heavy atom. The standard InChI is InChI=1S/C31H21N5/c1-18-22-16-14-20-8-3-5-10-24(20)28(22)35-30(32-18)26-12-7-13-27(34-26)31-33-19(2)23-17-15-21-9-4-6-11-25(21)29(23)36-31/h3-17H,1-2H3. The van der Waals surface area contributed by atoms with Crippen molar-refractivity contribution in [1.29, 1.82) is 0 Å². The first-order chi connectivity index (χ1) is 17.7. The number of benzene rings is 4. The summed E-state index contributed by atoms with van der Waals surface area (Å²) in [4.78, 5) is 24.5. The molecular formula is C31H21N5. The predicted molar refractivity (Wildman–Crippen MR) is 146 cm³/mol. The summed E-state index contributed by atoms with van der Waals surface area (Å²) in [6.45, 7) is 4.04. The van der Waals surface area contributed by atoms with Gasteiger partial charge in [-0.2, -0.15) is 0 Å². The molecule has 3 heterocycles. The summed E-state index contributed by atoms with van der Waals surface area (Å²) in [7, 11) is 0. The van der Waals surface area contributed by atoms with Crippen LogP contribution in [0.2, 0.25) is 0 Å². The molecule has 0 aliphatic heterocycles. The maximum atomic E-state index is 4.96. The number of hydrogen-bond acceptors (Lipinski definition) is 5. The van der Waals surface area contributed by atoms with Crippen molar-refractivity contribution in [2.24, 2.45) is 0 Å². The lowest BCUT2D eigenvalue weighted by Gasteiger charge is -2.10. The monoisotopic (exact) mass is 463 g/mol. The molecule has 170 valence electrons. The van der Waals surface area contributed by atoms with Gasteiger partial charge in [0.1, 0.15) is 11.4 Å². The zero-order valence-electron chi connectivity index (χ0n) is 19.9. The lowest BCUT2D eigenvalue weighted by atomic mass is 10.1. The number of aryl methyl sites for hydroxylation is 2. The van der Waals surface area contributed by atoms with Crippen LogP contribution < -0.4 is 0 Å². The van der Waals surface area contributed by atoms with Gasteiger partial charge in [-0.3, -0.25) is 0 Å². The molecule has 0 saturated heterocycles. The second-order valence-corrected chi connectivity index (χ2v) is 9.04. The molecule has 0 amide bonds. The van der Waals surface area contributed by atoms with Gasteiger partial charge in [0.2, 0.25) is 0 Å². The molecule has 36 heavy (non-hydrogen) atoms. The molecule has 0 radical (unpaired) electrons. The third-order valence-corrected chi connectivity index (χ3v) is 6.77. The molecule has 4 aromatic carbocycles. The molecule has 0 aliphatic carbocycles. The Morgan fingerprint density at radius 3 is 1.36 bits per heavy atom. The number of fused-ring (bicyclic) bond motifs is 6. The van der Waals surface area contributed by atoms with Crippen molar-refractivity contribution in [3.63, 3.8) is 0 Å². The topological polar surface area (TPSA) is 64.5 Å². The average Bonchev–Trinajstić information content (AvgIpc) is 2.93. The van der Waals surface area contributed by atoms with E-state index < -0.39 is 0 Å². The lowest BCUT2D eigenvalue weighted by molar-refractivity contribution is 1.11. The summed E-state index contributed by atoms with van der Waals surface area (Å²) in [5, 5.41) is 6.63. The average molecular weight is 464 g/mol. The highest BCUT2D eigenvalue weighted by atomic mass is 15.0. The Bertz CT molecular complexity index is 1840. The minimum absolute atomic E-state index is 0.598. The first-order valence-electron chi connectivity index (χ1n) is 12.0. The van der Waals surface area contributed by atoms with Gasteiger partial charge in [-0.1, -0.05) is 78.9 Å². The van der Waals surface area contributed by atoms with E-state index in [0.29, 0.717) is 23.0 Å². The van der Waals surface area contributed by atoms with E-state index >= 15 is 0 Å². The molecule has 3 aromatic heterocycles. The first kappa shape index (κ1) is 20.6. The number of hydrogen-bond donors (Lipinski definition) is 0. The fraction of sp³-hybridized carbons (Fsp3) is 0.0645. The number of rotatable bonds is 2. The van der Waals surface area contributed by atoms with Gasteiger partial charge in [0, 0.05) is 32.9 Å². The molecule has 0 saturated carbocycles. The van der Waals surface area contributed by atoms with Crippen LogP contribution in [-0.4, -0.2) is 24.9 Å². The lowest BCUT2D eigenvalue weighted by Crippen LogP contribution is -2.00. The summed E-state index contributed by atoms with van der Waals surface area (Å²) in [6, 6.07) is 30.9. The van der Waals surface area contributed by atoms with E-state index in [9.17, 15) is 0 Å². The van der Waals surface area contributed by atoms with Crippen molar-refractivity contribution in [3.05, 3.63) is 102 Å². The molecule has 0 bridgehead atoms. The quantitative estimate of drug-likeness (QED) is 0.253. The van der Waals surface area contributed by atoms with Crippen LogP contribution in [0.5, 0.6) is 0 Å². The minimum atomic E-state index is 0.598. The Kier molecular flexibility index (Phi) is 4.51. The van der Waals surface area contributed by atoms with Gasteiger partial charge in [-0.15, -0.1) is 0 Å². The van der Waals surface area contributed by atoms with Crippen LogP contribution in [0.4, 0.5) is 0 Å². The molecule has 0 fully saturated rings. The Hall–Kier alpha value is -4.77. The second-order valence-electron chi connectivity index (χ2n) is 9.04. The van der Waals surface area contributed by atoms with Crippen molar-refractivity contribution in [2.45, 2.75) is 13.8 Å². The van der Waals surface area contributed by atoms with Gasteiger partial charge >= 0.3 is 0 Å². The Balaban J connectivity index is 1.42. The molecule has 7 rings (SSSR count). The number of nitrogens with zero attached hydrogens (tertiary/aromatic N) is 5. The summed E-state index contributed by atoms with van der Waals surface area (Å²) in [5.74, 6) is 1.20. The van der Waals surface area contributed by atoms with Gasteiger partial charge in [0.05, 0.1) is 11.0 Å². The highest BCUT2D eigenvalue weighted by molar-refractivity contribution is 6.07. The van der Waals surface area contributed by atoms with Crippen LogP contribution in [0.25, 0.3) is 66.4 Å². The number of aromatic nitrogens is 5. The normalized spacial score (nSPS) is 11.6. The van der Waals surface area contributed by atoms with E-state index in [1.54, 1.807) is 0 Å². The summed E-state index contributed by atoms with van der Waals surface area (Å²) in [5.41, 5.74) is 5.13. The zero-order chi connectivity index (χ0) is 24.2. The molecule has 0 N–H and O–H groups in total. The maximum absolute atomic E-state index is 4.96. The summed E-state index contributed by atoms with van der Waals surface area (Å²) in [6.07, 6.45) is 0. The van der Waals surface area contributed by atoms with Crippen molar-refractivity contribution in [2.75, 3.05) is 0 Å². The van der Waals surface area contributed by atoms with E-state index in [0.717, 1.165) is 54.7 Å². The number of pyridine rings is 1. The van der Waals surface area contributed by atoms with Gasteiger partial charge < -0.3 is 0 Å². The Morgan fingerprint density at radius 1 is 0.389 bits per heavy atom. The predicted octanol–water partition coefficient (Wildman–Crippen LogP) is 7.23. The highest BCUT2D eigenvalue weighted by Crippen LogP contribution is 2.30. The molecule has 5 nitrogen and oxygen atoms in total. The van der Waals surface area contributed by atoms with Crippen LogP contribution in [0.1, 0.15) is 11.4 Å². The highest BCUT2D eigenvalue weighted by Gasteiger charge is 2.14. The molecule has 0 spiro atoms. The molecule has 5 heteroatoms. The van der Waals surface area contributed by atoms with Crippen LogP contribution in [0.3, 0.4) is 0 Å². The van der Waals surface area contributed by atoms with E-state index in [1.165, 1.54) is 0 Å². The Labute approximate surface area is 207 Å². The second kappa shape index (κ2) is 7.89. The summed E-state index contributed by atoms with van der Waals surface area (Å²) >= 11 is 0. The van der Waals surface area contributed by atoms with Gasteiger partial charge in [0.15, 0.2) is 11.6 Å². The maximum Gasteiger partial charge on any atom is 0.179 e. The molecule has 0 unspecified atom stereocenters. The van der Waals surface area contributed by atoms with Crippen LogP contribution in [0.15, 0.2) is 91.0 Å². The van der Waals surface area contributed by atoms with Crippen LogP contribution in [0, 0.1) is 13.8 Å².